The summed E-state index contributed by atoms with van der Waals surface area (Å²) in [6.45, 7) is 3.93. The second kappa shape index (κ2) is 11.5. The number of nitrogens with one attached hydrogen (secondary N) is 1. The largest absolute Gasteiger partial charge is 0.497 e. The van der Waals surface area contributed by atoms with Gasteiger partial charge in [-0.1, -0.05) is 48.0 Å². The van der Waals surface area contributed by atoms with Crippen molar-refractivity contribution in [1.29, 1.82) is 0 Å². The number of ether oxygens (including phenoxy) is 5. The summed E-state index contributed by atoms with van der Waals surface area (Å²) in [6, 6.07) is 18.0. The van der Waals surface area contributed by atoms with Gasteiger partial charge in [-0.25, -0.2) is 0 Å². The fraction of sp³-hybridized carbons (Fsp3) is 0.389. The smallest absolute Gasteiger partial charge is 0.245 e. The summed E-state index contributed by atoms with van der Waals surface area (Å²) in [5.74, 6) is -1.46. The lowest BCUT2D eigenvalue weighted by atomic mass is 9.75. The van der Waals surface area contributed by atoms with Gasteiger partial charge in [0.15, 0.2) is 17.1 Å². The van der Waals surface area contributed by atoms with Crippen molar-refractivity contribution in [3.05, 3.63) is 89.0 Å². The number of fused-ring (bicyclic) bond motifs is 5. The molecule has 4 aliphatic rings. The average Bonchev–Trinajstić information content (AvgIpc) is 3.76. The highest BCUT2D eigenvalue weighted by molar-refractivity contribution is 5.90. The second-order valence-corrected chi connectivity index (χ2v) is 12.7. The number of aliphatic hydroxyl groups is 2. The Morgan fingerprint density at radius 2 is 1.77 bits per heavy atom. The summed E-state index contributed by atoms with van der Waals surface area (Å²) in [6.07, 6.45) is 0.402. The second-order valence-electron chi connectivity index (χ2n) is 12.7. The highest BCUT2D eigenvalue weighted by Crippen LogP contribution is 2.70. The molecule has 3 aromatic carbocycles. The van der Waals surface area contributed by atoms with E-state index in [-0.39, 0.29) is 35.5 Å². The number of aliphatic hydroxyl groups excluding tert-OH is 1. The third-order valence-electron chi connectivity index (χ3n) is 9.79. The Hall–Kier alpha value is -4.74. The molecule has 7 rings (SSSR count). The van der Waals surface area contributed by atoms with Gasteiger partial charge in [-0.3, -0.25) is 9.59 Å². The number of hydrogen-bond donors (Lipinski definition) is 3. The SMILES string of the molecule is COc1ccc(C23Oc4cc5c(c(OC)c4C(O)(C(C(=O)N4CCCC4NC(=O)C=C(C)C)C2c2ccccc2)C3O)OCO5)cc1. The molecule has 6 unspecified atom stereocenters. The molecule has 1 saturated heterocycles. The maximum absolute atomic E-state index is 15.2. The Labute approximate surface area is 272 Å². The molecule has 47 heavy (non-hydrogen) atoms. The van der Waals surface area contributed by atoms with Crippen molar-refractivity contribution >= 4 is 11.8 Å². The predicted molar refractivity (Wildman–Crippen MR) is 169 cm³/mol. The number of amides is 2. The van der Waals surface area contributed by atoms with Gasteiger partial charge in [0.25, 0.3) is 0 Å². The standard InChI is InChI=1S/C36H38N2O9/c1-20(2)17-27(39)37-26-11-8-16-38(26)33(40)30-28(21-9-6-5-7-10-21)36(22-12-14-23(43-3)15-13-22)34(41)35(30,42)29-24(47-36)18-25-31(32(29)44-4)46-19-45-25/h5-7,9-10,12-15,17-18,26,28,30,34,41-42H,8,11,16,19H2,1-4H3,(H,37,39). The van der Waals surface area contributed by atoms with Crippen LogP contribution in [0.2, 0.25) is 0 Å². The minimum absolute atomic E-state index is 0.0744. The van der Waals surface area contributed by atoms with Crippen LogP contribution in [0.5, 0.6) is 28.7 Å². The summed E-state index contributed by atoms with van der Waals surface area (Å²) in [5, 5.41) is 28.9. The van der Waals surface area contributed by atoms with Crippen LogP contribution < -0.4 is 29.0 Å². The van der Waals surface area contributed by atoms with E-state index in [9.17, 15) is 15.0 Å². The zero-order chi connectivity index (χ0) is 33.1. The van der Waals surface area contributed by atoms with Gasteiger partial charge in [0.1, 0.15) is 29.4 Å². The first-order valence-electron chi connectivity index (χ1n) is 15.7. The van der Waals surface area contributed by atoms with E-state index in [4.69, 9.17) is 23.7 Å². The van der Waals surface area contributed by atoms with Crippen LogP contribution in [0, 0.1) is 5.92 Å². The summed E-state index contributed by atoms with van der Waals surface area (Å²) in [5.41, 5.74) is -1.77. The maximum atomic E-state index is 15.2. The van der Waals surface area contributed by atoms with Crippen molar-refractivity contribution < 1.29 is 43.5 Å². The molecule has 0 radical (unpaired) electrons. The molecule has 2 amide bonds. The van der Waals surface area contributed by atoms with Crippen LogP contribution in [0.1, 0.15) is 49.3 Å². The van der Waals surface area contributed by atoms with Gasteiger partial charge in [-0.05, 0) is 49.9 Å². The monoisotopic (exact) mass is 642 g/mol. The van der Waals surface area contributed by atoms with Crippen molar-refractivity contribution in [3.63, 3.8) is 0 Å². The summed E-state index contributed by atoms with van der Waals surface area (Å²) < 4.78 is 29.7. The van der Waals surface area contributed by atoms with Crippen molar-refractivity contribution in [2.45, 2.75) is 56.1 Å². The third-order valence-corrected chi connectivity index (χ3v) is 9.79. The lowest BCUT2D eigenvalue weighted by Gasteiger charge is -2.45. The quantitative estimate of drug-likeness (QED) is 0.330. The Balaban J connectivity index is 1.48. The van der Waals surface area contributed by atoms with E-state index in [0.29, 0.717) is 42.0 Å². The van der Waals surface area contributed by atoms with Gasteiger partial charge in [-0.2, -0.15) is 0 Å². The average molecular weight is 643 g/mol. The van der Waals surface area contributed by atoms with Crippen LogP contribution in [0.3, 0.4) is 0 Å². The molecule has 1 saturated carbocycles. The molecular weight excluding hydrogens is 604 g/mol. The molecule has 6 atom stereocenters. The number of nitrogens with zero attached hydrogens (tertiary/aromatic N) is 1. The van der Waals surface area contributed by atoms with E-state index < -0.39 is 41.2 Å². The van der Waals surface area contributed by atoms with E-state index in [1.165, 1.54) is 13.2 Å². The normalized spacial score (nSPS) is 28.3. The Morgan fingerprint density at radius 3 is 2.45 bits per heavy atom. The molecule has 0 spiro atoms. The molecule has 1 aliphatic carbocycles. The van der Waals surface area contributed by atoms with E-state index in [1.807, 2.05) is 44.2 Å². The van der Waals surface area contributed by atoms with Gasteiger partial charge >= 0.3 is 0 Å². The molecule has 3 aliphatic heterocycles. The van der Waals surface area contributed by atoms with E-state index in [1.54, 1.807) is 42.3 Å². The summed E-state index contributed by atoms with van der Waals surface area (Å²) >= 11 is 0. The molecule has 11 nitrogen and oxygen atoms in total. The van der Waals surface area contributed by atoms with E-state index in [2.05, 4.69) is 5.32 Å². The first kappa shape index (κ1) is 30.9. The molecule has 2 bridgehead atoms. The minimum Gasteiger partial charge on any atom is -0.497 e. The van der Waals surface area contributed by atoms with Crippen LogP contribution in [0.25, 0.3) is 0 Å². The Kier molecular flexibility index (Phi) is 7.56. The molecule has 0 aromatic heterocycles. The number of rotatable bonds is 7. The fourth-order valence-corrected chi connectivity index (χ4v) is 7.91. The van der Waals surface area contributed by atoms with Crippen LogP contribution in [-0.2, 0) is 20.8 Å². The number of methoxy groups -OCH3 is 2. The predicted octanol–water partition coefficient (Wildman–Crippen LogP) is 3.71. The summed E-state index contributed by atoms with van der Waals surface area (Å²) in [4.78, 5) is 29.6. The molecule has 3 aromatic rings. The minimum atomic E-state index is -2.24. The number of hydrogen-bond acceptors (Lipinski definition) is 9. The van der Waals surface area contributed by atoms with Gasteiger partial charge in [-0.15, -0.1) is 0 Å². The zero-order valence-corrected chi connectivity index (χ0v) is 26.7. The molecule has 3 heterocycles. The lowest BCUT2D eigenvalue weighted by molar-refractivity contribution is -0.167. The van der Waals surface area contributed by atoms with Crippen molar-refractivity contribution in [3.8, 4) is 28.7 Å². The van der Waals surface area contributed by atoms with Crippen LogP contribution in [-0.4, -0.2) is 66.8 Å². The van der Waals surface area contributed by atoms with Gasteiger partial charge in [0, 0.05) is 24.6 Å². The topological polar surface area (TPSA) is 136 Å². The number of carbonyl (C=O) groups is 2. The number of likely N-dealkylation sites (tertiary alicyclic amines) is 1. The molecule has 246 valence electrons. The maximum Gasteiger partial charge on any atom is 0.245 e. The van der Waals surface area contributed by atoms with Gasteiger partial charge < -0.3 is 44.1 Å². The lowest BCUT2D eigenvalue weighted by Crippen LogP contribution is -2.56. The van der Waals surface area contributed by atoms with Crippen molar-refractivity contribution in [1.82, 2.24) is 10.2 Å². The Morgan fingerprint density at radius 1 is 1.02 bits per heavy atom. The molecule has 11 heteroatoms. The Bertz CT molecular complexity index is 1740. The van der Waals surface area contributed by atoms with E-state index in [0.717, 1.165) is 5.57 Å². The first-order valence-corrected chi connectivity index (χ1v) is 15.7. The summed E-state index contributed by atoms with van der Waals surface area (Å²) in [7, 11) is 2.98. The zero-order valence-electron chi connectivity index (χ0n) is 26.7. The highest BCUT2D eigenvalue weighted by atomic mass is 16.7. The number of allylic oxidation sites excluding steroid dienone is 1. The first-order chi connectivity index (χ1) is 22.6. The van der Waals surface area contributed by atoms with Crippen LogP contribution in [0.4, 0.5) is 0 Å². The van der Waals surface area contributed by atoms with Crippen LogP contribution in [0.15, 0.2) is 72.3 Å². The van der Waals surface area contributed by atoms with Crippen LogP contribution >= 0.6 is 0 Å². The van der Waals surface area contributed by atoms with Gasteiger partial charge in [0.2, 0.25) is 24.4 Å². The van der Waals surface area contributed by atoms with Crippen molar-refractivity contribution in [2.24, 2.45) is 5.92 Å². The highest BCUT2D eigenvalue weighted by Gasteiger charge is 2.77. The van der Waals surface area contributed by atoms with E-state index >= 15 is 4.79 Å². The fourth-order valence-electron chi connectivity index (χ4n) is 7.91. The number of benzene rings is 3. The van der Waals surface area contributed by atoms with Crippen molar-refractivity contribution in [2.75, 3.05) is 27.6 Å². The number of carbonyl (C=O) groups excluding carboxylic acids is 2. The third kappa shape index (κ3) is 4.55. The molecule has 2 fully saturated rings. The molecule has 3 N–H and O–H groups in total. The van der Waals surface area contributed by atoms with Gasteiger partial charge in [0.05, 0.1) is 25.7 Å². The molecular formula is C36H38N2O9.